The van der Waals surface area contributed by atoms with Crippen molar-refractivity contribution in [3.8, 4) is 55.6 Å². The van der Waals surface area contributed by atoms with Gasteiger partial charge in [0.15, 0.2) is 31.3 Å². The molecule has 8 bridgehead atoms. The second-order valence-electron chi connectivity index (χ2n) is 16.6. The van der Waals surface area contributed by atoms with Crippen LogP contribution in [0.15, 0.2) is 189 Å². The number of benzene rings is 4. The first-order valence-electron chi connectivity index (χ1n) is 22.2. The summed E-state index contributed by atoms with van der Waals surface area (Å²) >= 11 is 0. The predicted octanol–water partition coefficient (Wildman–Crippen LogP) is 12.1. The third-order valence-corrected chi connectivity index (χ3v) is 12.2. The fourth-order valence-corrected chi connectivity index (χ4v) is 8.90. The van der Waals surface area contributed by atoms with Gasteiger partial charge in [-0.1, -0.05) is 103 Å². The molecule has 66 heavy (non-hydrogen) atoms. The Morgan fingerprint density at radius 2 is 0.803 bits per heavy atom. The van der Waals surface area contributed by atoms with E-state index in [4.69, 9.17) is 9.97 Å². The number of rotatable bonds is 9. The monoisotopic (exact) mass is 855 g/mol. The fraction of sp³-hybridized carbons (Fsp3) is 0.0517. The summed E-state index contributed by atoms with van der Waals surface area (Å²) in [5.41, 5.74) is 18.2. The third kappa shape index (κ3) is 8.04. The van der Waals surface area contributed by atoms with Gasteiger partial charge in [-0.25, -0.2) is 19.1 Å². The lowest BCUT2D eigenvalue weighted by Gasteiger charge is -2.08. The molecule has 0 unspecified atom stereocenters. The normalized spacial score (nSPS) is 11.8. The third-order valence-electron chi connectivity index (χ3n) is 12.2. The number of nitrogens with zero attached hydrogens (tertiary/aromatic N) is 4. The number of hydrogen-bond donors (Lipinski definition) is 3. The van der Waals surface area contributed by atoms with Crippen LogP contribution >= 0.6 is 0 Å². The Hall–Kier alpha value is -8.75. The molecule has 4 aromatic carbocycles. The highest BCUT2D eigenvalue weighted by molar-refractivity contribution is 6.00. The van der Waals surface area contributed by atoms with Crippen molar-refractivity contribution in [2.24, 2.45) is 7.05 Å². The Balaban J connectivity index is 1.02. The van der Waals surface area contributed by atoms with Crippen molar-refractivity contribution < 1.29 is 13.9 Å². The molecule has 9 aromatic rings. The average Bonchev–Trinajstić information content (AvgIpc) is 4.22. The van der Waals surface area contributed by atoms with Crippen LogP contribution in [0.3, 0.4) is 0 Å². The predicted molar refractivity (Wildman–Crippen MR) is 267 cm³/mol. The summed E-state index contributed by atoms with van der Waals surface area (Å²) in [4.78, 5) is 31.7. The molecule has 8 heteroatoms. The summed E-state index contributed by atoms with van der Waals surface area (Å²) < 4.78 is 4.06. The molecular formula is C58H45N7O+2. The molecule has 0 aliphatic carbocycles. The first-order valence-corrected chi connectivity index (χ1v) is 22.2. The van der Waals surface area contributed by atoms with Crippen LogP contribution in [-0.4, -0.2) is 25.8 Å². The summed E-state index contributed by atoms with van der Waals surface area (Å²) in [6.45, 7) is 0.563. The van der Waals surface area contributed by atoms with E-state index >= 15 is 0 Å². The maximum Gasteiger partial charge on any atom is 0.230 e. The Morgan fingerprint density at radius 3 is 1.20 bits per heavy atom. The minimum absolute atomic E-state index is 0.0539. The molecule has 8 nitrogen and oxygen atoms in total. The van der Waals surface area contributed by atoms with Crippen LogP contribution < -0.4 is 14.5 Å². The zero-order valence-electron chi connectivity index (χ0n) is 36.3. The smallest absolute Gasteiger partial charge is 0.230 e. The van der Waals surface area contributed by atoms with Crippen molar-refractivity contribution in [3.05, 3.63) is 211 Å². The number of fused-ring (bicyclic) bond motifs is 8. The molecule has 0 spiro atoms. The van der Waals surface area contributed by atoms with E-state index in [0.29, 0.717) is 13.0 Å². The van der Waals surface area contributed by atoms with Crippen LogP contribution in [0.4, 0.5) is 5.69 Å². The van der Waals surface area contributed by atoms with E-state index in [2.05, 4.69) is 173 Å². The number of nitrogens with one attached hydrogen (secondary N) is 3. The van der Waals surface area contributed by atoms with Gasteiger partial charge in [-0.3, -0.25) is 4.79 Å². The fourth-order valence-electron chi connectivity index (χ4n) is 8.90. The second kappa shape index (κ2) is 17.4. The van der Waals surface area contributed by atoms with E-state index in [-0.39, 0.29) is 5.91 Å². The van der Waals surface area contributed by atoms with Gasteiger partial charge in [0.1, 0.15) is 7.05 Å². The number of amides is 1. The van der Waals surface area contributed by atoms with Gasteiger partial charge in [0.25, 0.3) is 0 Å². The van der Waals surface area contributed by atoms with Crippen molar-refractivity contribution in [3.63, 3.8) is 0 Å². The molecule has 2 aliphatic rings. The molecule has 0 fully saturated rings. The maximum absolute atomic E-state index is 13.3. The molecule has 3 N–H and O–H groups in total. The first kappa shape index (κ1) is 40.1. The Morgan fingerprint density at radius 1 is 0.439 bits per heavy atom. The molecule has 0 radical (unpaired) electrons. The molecule has 11 rings (SSSR count). The molecule has 1 amide bonds. The van der Waals surface area contributed by atoms with E-state index in [1.165, 1.54) is 0 Å². The standard InChI is InChI=1S/C58H43N7O/c1-64-34-29-39(30-35-64)40-31-36-65(37-32-40)38-33-54(66)59-45-19-17-44(18-20-45)58-52-27-25-50(62-52)56(42-13-7-3-8-14-42)48-23-21-46(60-48)55(41-11-5-2-6-12-41)47-22-24-49(61-47)57(43-15-9-4-10-16-43)51-26-28-53(58)63-51/h2-32,34-37H,33,38H2,1H3,(H,59,60,61,62,63,66)/p+2. The molecule has 0 saturated carbocycles. The number of pyridine rings is 2. The lowest BCUT2D eigenvalue weighted by atomic mass is 10.0. The first-order chi connectivity index (χ1) is 32.5. The minimum Gasteiger partial charge on any atom is -0.354 e. The van der Waals surface area contributed by atoms with Gasteiger partial charge in [-0.15, -0.1) is 0 Å². The van der Waals surface area contributed by atoms with Crippen LogP contribution in [0.2, 0.25) is 0 Å². The lowest BCUT2D eigenvalue weighted by Crippen LogP contribution is -2.34. The highest BCUT2D eigenvalue weighted by Gasteiger charge is 2.19. The topological polar surface area (TPSA) is 94.2 Å². The summed E-state index contributed by atoms with van der Waals surface area (Å²) in [7, 11) is 2.01. The number of carbonyl (C=O) groups is 1. The number of anilines is 1. The summed E-state index contributed by atoms with van der Waals surface area (Å²) in [6.07, 6.45) is 16.9. The second-order valence-corrected chi connectivity index (χ2v) is 16.6. The number of aromatic amines is 2. The molecule has 5 aromatic heterocycles. The maximum atomic E-state index is 13.3. The number of aryl methyl sites for hydroxylation is 2. The summed E-state index contributed by atoms with van der Waals surface area (Å²) in [6, 6.07) is 56.3. The zero-order valence-corrected chi connectivity index (χ0v) is 36.3. The molecule has 2 aliphatic heterocycles. The average molecular weight is 856 g/mol. The van der Waals surface area contributed by atoms with Crippen LogP contribution in [0.5, 0.6) is 0 Å². The Labute approximate surface area is 382 Å². The van der Waals surface area contributed by atoms with Gasteiger partial charge in [0, 0.05) is 74.3 Å². The van der Waals surface area contributed by atoms with Gasteiger partial charge >= 0.3 is 0 Å². The van der Waals surface area contributed by atoms with Gasteiger partial charge in [0.05, 0.1) is 29.2 Å². The highest BCUT2D eigenvalue weighted by Crippen LogP contribution is 2.38. The van der Waals surface area contributed by atoms with Crippen LogP contribution in [0.1, 0.15) is 29.2 Å². The highest BCUT2D eigenvalue weighted by atomic mass is 16.1. The van der Waals surface area contributed by atoms with Crippen molar-refractivity contribution >= 4 is 58.0 Å². The van der Waals surface area contributed by atoms with E-state index in [1.807, 2.05) is 71.3 Å². The van der Waals surface area contributed by atoms with E-state index in [0.717, 1.165) is 106 Å². The van der Waals surface area contributed by atoms with Gasteiger partial charge in [0.2, 0.25) is 5.91 Å². The number of H-pyrrole nitrogens is 2. The molecule has 0 atom stereocenters. The van der Waals surface area contributed by atoms with Crippen molar-refractivity contribution in [2.75, 3.05) is 5.32 Å². The van der Waals surface area contributed by atoms with E-state index in [9.17, 15) is 4.79 Å². The van der Waals surface area contributed by atoms with Gasteiger partial charge in [-0.2, -0.15) is 0 Å². The quantitative estimate of drug-likeness (QED) is 0.126. The summed E-state index contributed by atoms with van der Waals surface area (Å²) in [5, 5.41) is 3.12. The van der Waals surface area contributed by atoms with Gasteiger partial charge < -0.3 is 15.3 Å². The molecule has 0 saturated heterocycles. The summed E-state index contributed by atoms with van der Waals surface area (Å²) in [5.74, 6) is -0.0539. The van der Waals surface area contributed by atoms with Crippen molar-refractivity contribution in [2.45, 2.75) is 13.0 Å². The molecular weight excluding hydrogens is 811 g/mol. The van der Waals surface area contributed by atoms with Crippen molar-refractivity contribution in [1.29, 1.82) is 0 Å². The van der Waals surface area contributed by atoms with E-state index < -0.39 is 0 Å². The molecule has 7 heterocycles. The van der Waals surface area contributed by atoms with Crippen LogP contribution in [0.25, 0.3) is 102 Å². The van der Waals surface area contributed by atoms with Crippen LogP contribution in [-0.2, 0) is 18.4 Å². The number of aromatic nitrogens is 6. The Bertz CT molecular complexity index is 3440. The van der Waals surface area contributed by atoms with Crippen molar-refractivity contribution in [1.82, 2.24) is 19.9 Å². The lowest BCUT2D eigenvalue weighted by molar-refractivity contribution is -0.695. The van der Waals surface area contributed by atoms with Gasteiger partial charge in [-0.05, 0) is 94.1 Å². The van der Waals surface area contributed by atoms with E-state index in [1.54, 1.807) is 0 Å². The minimum atomic E-state index is -0.0539. The van der Waals surface area contributed by atoms with Crippen LogP contribution in [0, 0.1) is 0 Å². The SMILES string of the molecule is C[n+]1ccc(-c2cc[n+](CCC(=O)Nc3ccc(-c4c5nc(c(-c6ccccc6)c6ccc([nH]6)c(-c6ccccc6)c6nc(c(-c7ccccc7)c7ccc4[nH]7)C=C6)C=C5)cc3)cc2)cc1. The largest absolute Gasteiger partial charge is 0.354 e. The number of carbonyl (C=O) groups excluding carboxylic acids is 1. The zero-order chi connectivity index (χ0) is 44.4. The Kier molecular flexibility index (Phi) is 10.6. The number of hydrogen-bond acceptors (Lipinski definition) is 3. The molecule has 316 valence electrons.